The summed E-state index contributed by atoms with van der Waals surface area (Å²) in [5, 5.41) is 7.12. The van der Waals surface area contributed by atoms with Crippen LogP contribution in [0.3, 0.4) is 0 Å². The second kappa shape index (κ2) is 10.5. The Balaban J connectivity index is 0.000000451. The Labute approximate surface area is 187 Å². The maximum Gasteiger partial charge on any atom is 0.490 e. The molecule has 1 atom stereocenters. The average Bonchev–Trinajstić information content (AvgIpc) is 2.69. The number of benzene rings is 1. The van der Waals surface area contributed by atoms with Crippen LogP contribution in [-0.4, -0.2) is 68.2 Å². The second-order valence-electron chi connectivity index (χ2n) is 8.53. The zero-order valence-electron chi connectivity index (χ0n) is 18.5. The van der Waals surface area contributed by atoms with Gasteiger partial charge in [0.2, 0.25) is 10.0 Å². The first-order valence-corrected chi connectivity index (χ1v) is 12.1. The van der Waals surface area contributed by atoms with E-state index in [1.165, 1.54) is 16.7 Å². The topological polar surface area (TPSA) is 95.9 Å². The van der Waals surface area contributed by atoms with E-state index in [2.05, 4.69) is 41.7 Å². The molecule has 0 bridgehead atoms. The van der Waals surface area contributed by atoms with E-state index >= 15 is 0 Å². The van der Waals surface area contributed by atoms with Crippen molar-refractivity contribution in [3.05, 3.63) is 34.9 Å². The van der Waals surface area contributed by atoms with Gasteiger partial charge in [-0.1, -0.05) is 23.8 Å². The minimum absolute atomic E-state index is 0.00212. The lowest BCUT2D eigenvalue weighted by atomic mass is 9.82. The van der Waals surface area contributed by atoms with Gasteiger partial charge in [-0.25, -0.2) is 17.9 Å². The molecule has 0 radical (unpaired) electrons. The summed E-state index contributed by atoms with van der Waals surface area (Å²) in [5.41, 5.74) is 4.05. The van der Waals surface area contributed by atoms with Crippen molar-refractivity contribution in [1.29, 1.82) is 0 Å². The number of aliphatic carboxylic acids is 1. The molecule has 1 aromatic carbocycles. The first-order chi connectivity index (χ1) is 14.8. The molecule has 2 saturated heterocycles. The number of hydrogen-bond acceptors (Lipinski definition) is 5. The quantitative estimate of drug-likeness (QED) is 0.650. The molecule has 7 nitrogen and oxygen atoms in total. The van der Waals surface area contributed by atoms with Crippen molar-refractivity contribution in [2.75, 3.05) is 32.0 Å². The summed E-state index contributed by atoms with van der Waals surface area (Å²) in [5.74, 6) is -2.33. The Bertz CT molecular complexity index is 889. The van der Waals surface area contributed by atoms with Crippen molar-refractivity contribution in [2.45, 2.75) is 51.9 Å². The second-order valence-corrected chi connectivity index (χ2v) is 10.6. The summed E-state index contributed by atoms with van der Waals surface area (Å²) >= 11 is 0. The van der Waals surface area contributed by atoms with E-state index in [1.807, 2.05) is 0 Å². The van der Waals surface area contributed by atoms with Gasteiger partial charge in [-0.05, 0) is 50.7 Å². The molecule has 2 heterocycles. The monoisotopic (exact) mass is 480 g/mol. The Kier molecular flexibility index (Phi) is 8.71. The van der Waals surface area contributed by atoms with E-state index in [4.69, 9.17) is 14.6 Å². The predicted octanol–water partition coefficient (Wildman–Crippen LogP) is 2.86. The molecule has 2 aliphatic heterocycles. The van der Waals surface area contributed by atoms with E-state index < -0.39 is 22.2 Å². The zero-order valence-corrected chi connectivity index (χ0v) is 19.4. The third-order valence-electron chi connectivity index (χ3n) is 5.77. The molecule has 1 aromatic rings. The first kappa shape index (κ1) is 26.6. The van der Waals surface area contributed by atoms with Crippen molar-refractivity contribution in [1.82, 2.24) is 9.62 Å². The molecule has 2 aliphatic rings. The third kappa shape index (κ3) is 7.72. The fourth-order valence-corrected chi connectivity index (χ4v) is 4.46. The van der Waals surface area contributed by atoms with Crippen molar-refractivity contribution in [3.63, 3.8) is 0 Å². The van der Waals surface area contributed by atoms with Gasteiger partial charge in [0, 0.05) is 26.2 Å². The highest BCUT2D eigenvalue weighted by atomic mass is 32.2. The van der Waals surface area contributed by atoms with Crippen molar-refractivity contribution < 1.29 is 36.2 Å². The van der Waals surface area contributed by atoms with E-state index in [0.29, 0.717) is 19.1 Å². The van der Waals surface area contributed by atoms with Gasteiger partial charge in [-0.3, -0.25) is 4.90 Å². The number of alkyl halides is 3. The van der Waals surface area contributed by atoms with E-state index in [1.54, 1.807) is 6.92 Å². The summed E-state index contributed by atoms with van der Waals surface area (Å²) in [6.07, 6.45) is -3.03. The maximum atomic E-state index is 11.5. The molecule has 0 aliphatic carbocycles. The molecule has 0 amide bonds. The molecule has 1 spiro atoms. The number of sulfonamides is 1. The first-order valence-electron chi connectivity index (χ1n) is 10.4. The van der Waals surface area contributed by atoms with Gasteiger partial charge in [-0.15, -0.1) is 0 Å². The van der Waals surface area contributed by atoms with E-state index in [0.717, 1.165) is 32.5 Å². The maximum absolute atomic E-state index is 11.5. The molecule has 0 aromatic heterocycles. The highest BCUT2D eigenvalue weighted by Crippen LogP contribution is 2.36. The van der Waals surface area contributed by atoms with Crippen LogP contribution in [0, 0.1) is 19.8 Å². The van der Waals surface area contributed by atoms with Crippen LogP contribution in [0.15, 0.2) is 18.2 Å². The van der Waals surface area contributed by atoms with Crippen LogP contribution < -0.4 is 4.72 Å². The van der Waals surface area contributed by atoms with Crippen LogP contribution in [0.2, 0.25) is 0 Å². The molecule has 2 N–H and O–H groups in total. The Hall–Kier alpha value is -1.69. The lowest BCUT2D eigenvalue weighted by molar-refractivity contribution is -0.192. The van der Waals surface area contributed by atoms with Gasteiger partial charge < -0.3 is 9.84 Å². The van der Waals surface area contributed by atoms with Crippen LogP contribution in [0.25, 0.3) is 0 Å². The third-order valence-corrected chi connectivity index (χ3v) is 7.14. The average molecular weight is 481 g/mol. The molecule has 11 heteroatoms. The number of nitrogens with one attached hydrogen (secondary N) is 1. The molecule has 3 rings (SSSR count). The fraction of sp³-hybridized carbons (Fsp3) is 0.667. The summed E-state index contributed by atoms with van der Waals surface area (Å²) in [7, 11) is -3.10. The number of carboxylic acids is 1. The number of carboxylic acid groups (broad SMARTS) is 1. The number of carbonyl (C=O) groups is 1. The van der Waals surface area contributed by atoms with Crippen LogP contribution in [-0.2, 0) is 26.1 Å². The molecule has 32 heavy (non-hydrogen) atoms. The van der Waals surface area contributed by atoms with Crippen molar-refractivity contribution >= 4 is 16.0 Å². The Morgan fingerprint density at radius 2 is 1.94 bits per heavy atom. The van der Waals surface area contributed by atoms with Gasteiger partial charge in [0.25, 0.3) is 0 Å². The number of rotatable bonds is 6. The van der Waals surface area contributed by atoms with Crippen molar-refractivity contribution in [2.24, 2.45) is 5.92 Å². The normalized spacial score (nSPS) is 20.9. The van der Waals surface area contributed by atoms with Crippen LogP contribution in [0.4, 0.5) is 13.2 Å². The number of ether oxygens (including phenoxy) is 1. The standard InChI is InChI=1S/C19H30N2O3S.C2HF3O2/c1-4-25(22,23)20-10-17-7-8-19(24-12-17)13-21(14-19)11-18-9-15(2)5-6-16(18)3;3-2(4,5)1(6)7/h5-6,9,17,20H,4,7-8,10-14H2,1-3H3;(H,6,7). The summed E-state index contributed by atoms with van der Waals surface area (Å²) in [6.45, 7) is 10.1. The molecule has 0 saturated carbocycles. The van der Waals surface area contributed by atoms with Gasteiger partial charge in [0.1, 0.15) is 0 Å². The molecule has 2 fully saturated rings. The number of nitrogens with zero attached hydrogens (tertiary/aromatic N) is 1. The van der Waals surface area contributed by atoms with Crippen molar-refractivity contribution in [3.8, 4) is 0 Å². The highest BCUT2D eigenvalue weighted by molar-refractivity contribution is 7.89. The molecular formula is C21H31F3N2O5S. The van der Waals surface area contributed by atoms with E-state index in [-0.39, 0.29) is 11.4 Å². The van der Waals surface area contributed by atoms with Crippen LogP contribution in [0.1, 0.15) is 36.5 Å². The Morgan fingerprint density at radius 3 is 2.44 bits per heavy atom. The molecule has 1 unspecified atom stereocenters. The minimum atomic E-state index is -5.08. The predicted molar refractivity (Wildman–Crippen MR) is 114 cm³/mol. The fourth-order valence-electron chi connectivity index (χ4n) is 3.77. The summed E-state index contributed by atoms with van der Waals surface area (Å²) in [6, 6.07) is 6.63. The SMILES string of the molecule is CCS(=O)(=O)NCC1CCC2(CN(Cc3cc(C)ccc3C)C2)OC1.O=C(O)C(F)(F)F. The van der Waals surface area contributed by atoms with Gasteiger partial charge >= 0.3 is 12.1 Å². The summed E-state index contributed by atoms with van der Waals surface area (Å²) in [4.78, 5) is 11.3. The van der Waals surface area contributed by atoms with E-state index in [9.17, 15) is 21.6 Å². The highest BCUT2D eigenvalue weighted by Gasteiger charge is 2.46. The minimum Gasteiger partial charge on any atom is -0.475 e. The summed E-state index contributed by atoms with van der Waals surface area (Å²) < 4.78 is 63.7. The largest absolute Gasteiger partial charge is 0.490 e. The number of halogens is 3. The number of aryl methyl sites for hydroxylation is 2. The van der Waals surface area contributed by atoms with Crippen LogP contribution in [0.5, 0.6) is 0 Å². The van der Waals surface area contributed by atoms with Crippen LogP contribution >= 0.6 is 0 Å². The zero-order chi connectivity index (χ0) is 24.2. The Morgan fingerprint density at radius 1 is 1.31 bits per heavy atom. The smallest absolute Gasteiger partial charge is 0.475 e. The lowest BCUT2D eigenvalue weighted by Gasteiger charge is -2.53. The van der Waals surface area contributed by atoms with Gasteiger partial charge in [0.15, 0.2) is 0 Å². The number of hydrogen-bond donors (Lipinski definition) is 2. The number of likely N-dealkylation sites (tertiary alicyclic amines) is 1. The molecule has 182 valence electrons. The van der Waals surface area contributed by atoms with Gasteiger partial charge in [-0.2, -0.15) is 13.2 Å². The van der Waals surface area contributed by atoms with Gasteiger partial charge in [0.05, 0.1) is 18.0 Å². The lowest BCUT2D eigenvalue weighted by Crippen LogP contribution is -2.64. The molecular weight excluding hydrogens is 449 g/mol.